The highest BCUT2D eigenvalue weighted by Gasteiger charge is 2.66. The molecule has 8 rings (SSSR count). The molecule has 1 spiro atoms. The summed E-state index contributed by atoms with van der Waals surface area (Å²) in [6, 6.07) is 25.5. The summed E-state index contributed by atoms with van der Waals surface area (Å²) in [6.07, 6.45) is 4.79. The second-order valence-corrected chi connectivity index (χ2v) is 13.4. The van der Waals surface area contributed by atoms with Crippen molar-refractivity contribution in [2.75, 3.05) is 13.6 Å². The Bertz CT molecular complexity index is 1490. The molecule has 230 valence electrons. The molecular formula is C38H42O6. The molecule has 0 N–H and O–H groups in total. The van der Waals surface area contributed by atoms with Gasteiger partial charge in [0.05, 0.1) is 0 Å². The molecule has 0 amide bonds. The van der Waals surface area contributed by atoms with Gasteiger partial charge in [-0.25, -0.2) is 0 Å². The van der Waals surface area contributed by atoms with Crippen LogP contribution in [0.15, 0.2) is 84.6 Å². The molecule has 2 unspecified atom stereocenters. The SMILES string of the molecule is CC(Cc1ccccc1)C(C)Cc1ccccc1.C[C@@H]1[C@H]2c3cc4c(cc3O[C@@]35OCOC3=CC(=O)[C@H](C[C@H]1C)[C@@H]25)OCO4. The molecule has 3 aliphatic heterocycles. The van der Waals surface area contributed by atoms with E-state index < -0.39 is 5.79 Å². The number of hydrogen-bond donors (Lipinski definition) is 0. The maximum Gasteiger partial charge on any atom is 0.276 e. The standard InChI is InChI=1S/C20H20O6.C18H22/c1-9-3-11-13(21)5-17-20(25-8-24-17)19(11)18(10(9)2)12-4-15-16(23-7-22-15)6-14(12)26-20;1-15(13-17-9-5-3-6-10-17)16(2)14-18-11-7-4-8-12-18/h4-6,9-11,18-19H,3,7-8H2,1-2H3;3-12,15-16H,13-14H2,1-2H3/t9-,10+,11+,18+,19+,20+;/m1./s1. The fourth-order valence-electron chi connectivity index (χ4n) is 7.93. The Hall–Kier alpha value is -3.77. The number of allylic oxidation sites excluding steroid dienone is 1. The first-order valence-corrected chi connectivity index (χ1v) is 16.1. The van der Waals surface area contributed by atoms with Gasteiger partial charge in [0.25, 0.3) is 5.79 Å². The van der Waals surface area contributed by atoms with E-state index in [4.69, 9.17) is 23.7 Å². The summed E-state index contributed by atoms with van der Waals surface area (Å²) in [5, 5.41) is 0. The van der Waals surface area contributed by atoms with Crippen molar-refractivity contribution in [3.63, 3.8) is 0 Å². The summed E-state index contributed by atoms with van der Waals surface area (Å²) in [5.41, 5.74) is 3.98. The summed E-state index contributed by atoms with van der Waals surface area (Å²) in [5.74, 6) is 3.97. The summed E-state index contributed by atoms with van der Waals surface area (Å²) >= 11 is 0. The quantitative estimate of drug-likeness (QED) is 0.302. The first-order valence-electron chi connectivity index (χ1n) is 16.1. The molecule has 1 saturated heterocycles. The Morgan fingerprint density at radius 1 is 0.795 bits per heavy atom. The van der Waals surface area contributed by atoms with Crippen molar-refractivity contribution in [2.24, 2.45) is 35.5 Å². The molecule has 0 bridgehead atoms. The van der Waals surface area contributed by atoms with E-state index in [2.05, 4.69) is 88.4 Å². The average molecular weight is 595 g/mol. The highest BCUT2D eigenvalue weighted by atomic mass is 16.8. The van der Waals surface area contributed by atoms with E-state index in [1.54, 1.807) is 6.08 Å². The minimum Gasteiger partial charge on any atom is -0.465 e. The molecule has 3 aromatic carbocycles. The van der Waals surface area contributed by atoms with E-state index in [0.29, 0.717) is 35.2 Å². The number of carbonyl (C=O) groups excluding carboxylic acids is 1. The minimum absolute atomic E-state index is 0.0865. The maximum absolute atomic E-state index is 12.8. The third-order valence-electron chi connectivity index (χ3n) is 10.7. The first kappa shape index (κ1) is 29.0. The lowest BCUT2D eigenvalue weighted by Crippen LogP contribution is -2.60. The zero-order chi connectivity index (χ0) is 30.4. The van der Waals surface area contributed by atoms with Crippen LogP contribution >= 0.6 is 0 Å². The monoisotopic (exact) mass is 594 g/mol. The molecular weight excluding hydrogens is 552 g/mol. The first-order chi connectivity index (χ1) is 21.3. The van der Waals surface area contributed by atoms with Gasteiger partial charge in [-0.05, 0) is 60.1 Å². The molecule has 8 atom stereocenters. The van der Waals surface area contributed by atoms with Crippen LogP contribution in [0, 0.1) is 35.5 Å². The molecule has 3 aromatic rings. The predicted octanol–water partition coefficient (Wildman–Crippen LogP) is 7.71. The van der Waals surface area contributed by atoms with Gasteiger partial charge in [-0.3, -0.25) is 9.53 Å². The largest absolute Gasteiger partial charge is 0.465 e. The second kappa shape index (κ2) is 11.6. The minimum atomic E-state index is -1.00. The fraction of sp³-hybridized carbons (Fsp3) is 0.447. The van der Waals surface area contributed by atoms with Crippen LogP contribution in [-0.2, 0) is 27.1 Å². The number of ketones is 1. The Morgan fingerprint density at radius 3 is 2.05 bits per heavy atom. The topological polar surface area (TPSA) is 63.2 Å². The van der Waals surface area contributed by atoms with E-state index in [-0.39, 0.29) is 37.1 Å². The van der Waals surface area contributed by atoms with Crippen LogP contribution in [0.3, 0.4) is 0 Å². The van der Waals surface area contributed by atoms with Gasteiger partial charge in [-0.15, -0.1) is 0 Å². The molecule has 1 saturated carbocycles. The molecule has 5 aliphatic rings. The van der Waals surface area contributed by atoms with Crippen LogP contribution in [0.4, 0.5) is 0 Å². The lowest BCUT2D eigenvalue weighted by atomic mass is 9.55. The summed E-state index contributed by atoms with van der Waals surface area (Å²) in [7, 11) is 0. The van der Waals surface area contributed by atoms with E-state index in [0.717, 1.165) is 23.5 Å². The molecule has 44 heavy (non-hydrogen) atoms. The van der Waals surface area contributed by atoms with Crippen molar-refractivity contribution in [1.82, 2.24) is 0 Å². The molecule has 6 nitrogen and oxygen atoms in total. The van der Waals surface area contributed by atoms with Crippen molar-refractivity contribution in [3.8, 4) is 17.2 Å². The van der Waals surface area contributed by atoms with Crippen molar-refractivity contribution in [1.29, 1.82) is 0 Å². The van der Waals surface area contributed by atoms with E-state index >= 15 is 0 Å². The number of hydrogen-bond acceptors (Lipinski definition) is 6. The summed E-state index contributed by atoms with van der Waals surface area (Å²) in [6.45, 7) is 9.54. The molecule has 6 heteroatoms. The number of rotatable bonds is 5. The van der Waals surface area contributed by atoms with Gasteiger partial charge >= 0.3 is 0 Å². The lowest BCUT2D eigenvalue weighted by Gasteiger charge is -2.54. The normalized spacial score (nSPS) is 30.2. The van der Waals surface area contributed by atoms with Crippen LogP contribution in [0.5, 0.6) is 17.2 Å². The van der Waals surface area contributed by atoms with Crippen LogP contribution in [0.25, 0.3) is 0 Å². The van der Waals surface area contributed by atoms with Crippen molar-refractivity contribution < 1.29 is 28.5 Å². The van der Waals surface area contributed by atoms with Crippen LogP contribution in [0.1, 0.15) is 56.7 Å². The van der Waals surface area contributed by atoms with Crippen molar-refractivity contribution in [2.45, 2.75) is 58.7 Å². The average Bonchev–Trinajstić information content (AvgIpc) is 3.66. The smallest absolute Gasteiger partial charge is 0.276 e. The number of benzene rings is 3. The summed E-state index contributed by atoms with van der Waals surface area (Å²) in [4.78, 5) is 12.8. The second-order valence-electron chi connectivity index (χ2n) is 13.4. The van der Waals surface area contributed by atoms with E-state index in [1.165, 1.54) is 24.0 Å². The fourth-order valence-corrected chi connectivity index (χ4v) is 7.93. The highest BCUT2D eigenvalue weighted by molar-refractivity contribution is 5.94. The van der Waals surface area contributed by atoms with Gasteiger partial charge < -0.3 is 18.9 Å². The van der Waals surface area contributed by atoms with Gasteiger partial charge in [0, 0.05) is 35.5 Å². The van der Waals surface area contributed by atoms with E-state index in [1.807, 2.05) is 12.1 Å². The molecule has 2 fully saturated rings. The van der Waals surface area contributed by atoms with Crippen LogP contribution in [0.2, 0.25) is 0 Å². The Balaban J connectivity index is 0.000000153. The zero-order valence-electron chi connectivity index (χ0n) is 26.0. The Morgan fingerprint density at radius 2 is 1.41 bits per heavy atom. The van der Waals surface area contributed by atoms with Crippen LogP contribution < -0.4 is 14.2 Å². The van der Waals surface area contributed by atoms with Crippen molar-refractivity contribution >= 4 is 5.78 Å². The van der Waals surface area contributed by atoms with Gasteiger partial charge in [0.1, 0.15) is 5.75 Å². The number of fused-ring (bicyclic) bond motifs is 3. The number of carbonyl (C=O) groups is 1. The molecule has 0 radical (unpaired) electrons. The summed E-state index contributed by atoms with van der Waals surface area (Å²) < 4.78 is 29.3. The Labute approximate surface area is 260 Å². The van der Waals surface area contributed by atoms with Gasteiger partial charge in [0.2, 0.25) is 6.79 Å². The van der Waals surface area contributed by atoms with Gasteiger partial charge in [0.15, 0.2) is 29.8 Å². The third kappa shape index (κ3) is 5.07. The van der Waals surface area contributed by atoms with Gasteiger partial charge in [-0.2, -0.15) is 0 Å². The number of ether oxygens (including phenoxy) is 5. The predicted molar refractivity (Wildman–Crippen MR) is 167 cm³/mol. The van der Waals surface area contributed by atoms with Crippen LogP contribution in [-0.4, -0.2) is 25.2 Å². The highest BCUT2D eigenvalue weighted by Crippen LogP contribution is 2.63. The van der Waals surface area contributed by atoms with Crippen molar-refractivity contribution in [3.05, 3.63) is 101 Å². The zero-order valence-corrected chi connectivity index (χ0v) is 26.0. The van der Waals surface area contributed by atoms with E-state index in [9.17, 15) is 4.79 Å². The maximum atomic E-state index is 12.8. The third-order valence-corrected chi connectivity index (χ3v) is 10.7. The van der Waals surface area contributed by atoms with Gasteiger partial charge in [-0.1, -0.05) is 88.4 Å². The Kier molecular flexibility index (Phi) is 7.65. The lowest BCUT2D eigenvalue weighted by molar-refractivity contribution is -0.212. The molecule has 3 heterocycles. The molecule has 0 aromatic heterocycles. The molecule has 2 aliphatic carbocycles.